The highest BCUT2D eigenvalue weighted by atomic mass is 35.5. The summed E-state index contributed by atoms with van der Waals surface area (Å²) in [5, 5.41) is 9.81. The molecule has 10 heteroatoms. The van der Waals surface area contributed by atoms with E-state index in [-0.39, 0.29) is 26.5 Å². The van der Waals surface area contributed by atoms with Crippen molar-refractivity contribution in [1.29, 1.82) is 5.26 Å². The van der Waals surface area contributed by atoms with Crippen molar-refractivity contribution in [1.82, 2.24) is 4.57 Å². The first-order valence-corrected chi connectivity index (χ1v) is 12.2. The van der Waals surface area contributed by atoms with E-state index in [4.69, 9.17) is 23.2 Å². The number of rotatable bonds is 5. The van der Waals surface area contributed by atoms with Crippen molar-refractivity contribution in [2.24, 2.45) is 0 Å². The summed E-state index contributed by atoms with van der Waals surface area (Å²) in [5.41, 5.74) is 0.272. The number of halogens is 5. The van der Waals surface area contributed by atoms with Gasteiger partial charge in [0.1, 0.15) is 11.0 Å². The van der Waals surface area contributed by atoms with Crippen LogP contribution in [-0.2, 0) is 16.0 Å². The maximum atomic E-state index is 13.7. The number of allylic oxidation sites excluding steroid dienone is 1. The smallest absolute Gasteiger partial charge is 0.317 e. The summed E-state index contributed by atoms with van der Waals surface area (Å²) in [7, 11) is -4.29. The Labute approximate surface area is 205 Å². The van der Waals surface area contributed by atoms with Gasteiger partial charge in [0.05, 0.1) is 16.1 Å². The summed E-state index contributed by atoms with van der Waals surface area (Å²) in [6, 6.07) is 12.1. The predicted octanol–water partition coefficient (Wildman–Crippen LogP) is 7.57. The van der Waals surface area contributed by atoms with E-state index in [9.17, 15) is 26.9 Å². The standard InChI is InChI=1S/C24H19Cl2F3N2O2S/c1-14(2)23-9-16(15(3)31(23)22-7-5-4-6-21(22)24(27,28)29)8-20(13-30)34(32,33)19-11-17(25)10-18(26)12-19/h4-12,14H,1-3H3/b20-8+. The molecule has 0 aliphatic carbocycles. The molecule has 0 aliphatic heterocycles. The number of benzene rings is 2. The first kappa shape index (κ1) is 25.9. The number of sulfone groups is 1. The van der Waals surface area contributed by atoms with Crippen LogP contribution >= 0.6 is 23.2 Å². The Hall–Kier alpha value is -2.73. The number of nitrogens with zero attached hydrogens (tertiary/aromatic N) is 2. The highest BCUT2D eigenvalue weighted by molar-refractivity contribution is 7.95. The molecule has 0 saturated heterocycles. The predicted molar refractivity (Wildman–Crippen MR) is 127 cm³/mol. The molecule has 178 valence electrons. The lowest BCUT2D eigenvalue weighted by Crippen LogP contribution is -2.13. The number of nitriles is 1. The van der Waals surface area contributed by atoms with Crippen LogP contribution in [0.5, 0.6) is 0 Å². The summed E-state index contributed by atoms with van der Waals surface area (Å²) < 4.78 is 68.8. The number of para-hydroxylation sites is 1. The van der Waals surface area contributed by atoms with E-state index in [1.54, 1.807) is 19.1 Å². The lowest BCUT2D eigenvalue weighted by Gasteiger charge is -2.19. The molecule has 0 aliphatic rings. The highest BCUT2D eigenvalue weighted by Crippen LogP contribution is 2.37. The molecule has 0 bridgehead atoms. The average molecular weight is 527 g/mol. The molecule has 34 heavy (non-hydrogen) atoms. The summed E-state index contributed by atoms with van der Waals surface area (Å²) in [6.45, 7) is 5.19. The van der Waals surface area contributed by atoms with Gasteiger partial charge in [-0.3, -0.25) is 0 Å². The Morgan fingerprint density at radius 3 is 2.21 bits per heavy atom. The first-order chi connectivity index (χ1) is 15.8. The van der Waals surface area contributed by atoms with Gasteiger partial charge in [-0.05, 0) is 60.9 Å². The van der Waals surface area contributed by atoms with Crippen molar-refractivity contribution < 1.29 is 21.6 Å². The van der Waals surface area contributed by atoms with Crippen molar-refractivity contribution in [2.45, 2.75) is 37.8 Å². The normalized spacial score (nSPS) is 12.8. The zero-order valence-corrected chi connectivity index (χ0v) is 20.6. The van der Waals surface area contributed by atoms with Crippen LogP contribution in [0, 0.1) is 18.3 Å². The lowest BCUT2D eigenvalue weighted by atomic mass is 10.1. The van der Waals surface area contributed by atoms with Crippen LogP contribution in [0.3, 0.4) is 0 Å². The molecule has 0 amide bonds. The van der Waals surface area contributed by atoms with E-state index >= 15 is 0 Å². The highest BCUT2D eigenvalue weighted by Gasteiger charge is 2.34. The van der Waals surface area contributed by atoms with Gasteiger partial charge in [-0.25, -0.2) is 8.42 Å². The minimum Gasteiger partial charge on any atom is -0.317 e. The summed E-state index contributed by atoms with van der Waals surface area (Å²) in [5.74, 6) is -0.198. The molecule has 0 radical (unpaired) electrons. The zero-order valence-electron chi connectivity index (χ0n) is 18.3. The molecule has 3 aromatic rings. The van der Waals surface area contributed by atoms with Crippen molar-refractivity contribution >= 4 is 39.1 Å². The van der Waals surface area contributed by atoms with Gasteiger partial charge in [0.15, 0.2) is 0 Å². The molecule has 0 fully saturated rings. The molecule has 0 spiro atoms. The third kappa shape index (κ3) is 5.02. The Morgan fingerprint density at radius 1 is 1.09 bits per heavy atom. The topological polar surface area (TPSA) is 62.9 Å². The van der Waals surface area contributed by atoms with Crippen molar-refractivity contribution in [3.63, 3.8) is 0 Å². The molecular weight excluding hydrogens is 508 g/mol. The van der Waals surface area contributed by atoms with E-state index in [1.165, 1.54) is 41.0 Å². The maximum Gasteiger partial charge on any atom is 0.418 e. The van der Waals surface area contributed by atoms with Crippen LogP contribution in [0.4, 0.5) is 13.2 Å². The van der Waals surface area contributed by atoms with E-state index in [0.29, 0.717) is 17.0 Å². The van der Waals surface area contributed by atoms with Crippen molar-refractivity contribution in [3.8, 4) is 11.8 Å². The van der Waals surface area contributed by atoms with Crippen LogP contribution < -0.4 is 0 Å². The second-order valence-electron chi connectivity index (χ2n) is 7.84. The van der Waals surface area contributed by atoms with Gasteiger partial charge in [-0.1, -0.05) is 49.2 Å². The molecule has 3 rings (SSSR count). The minimum atomic E-state index is -4.59. The second kappa shape index (κ2) is 9.49. The average Bonchev–Trinajstić information content (AvgIpc) is 3.06. The molecule has 1 aromatic heterocycles. The van der Waals surface area contributed by atoms with Crippen LogP contribution in [0.15, 0.2) is 58.3 Å². The van der Waals surface area contributed by atoms with Gasteiger partial charge in [-0.15, -0.1) is 0 Å². The van der Waals surface area contributed by atoms with Gasteiger partial charge in [-0.2, -0.15) is 18.4 Å². The van der Waals surface area contributed by atoms with E-state index < -0.39 is 26.5 Å². The van der Waals surface area contributed by atoms with E-state index in [1.807, 2.05) is 13.8 Å². The fourth-order valence-electron chi connectivity index (χ4n) is 3.57. The van der Waals surface area contributed by atoms with Gasteiger partial charge in [0, 0.05) is 21.4 Å². The third-order valence-corrected chi connectivity index (χ3v) is 7.27. The number of hydrogen-bond donors (Lipinski definition) is 0. The fraction of sp³-hybridized carbons (Fsp3) is 0.208. The van der Waals surface area contributed by atoms with Gasteiger partial charge < -0.3 is 4.57 Å². The lowest BCUT2D eigenvalue weighted by molar-refractivity contribution is -0.137. The summed E-state index contributed by atoms with van der Waals surface area (Å²) >= 11 is 11.8. The van der Waals surface area contributed by atoms with E-state index in [2.05, 4.69) is 0 Å². The molecule has 0 unspecified atom stereocenters. The number of alkyl halides is 3. The van der Waals surface area contributed by atoms with Crippen LogP contribution in [0.25, 0.3) is 11.8 Å². The van der Waals surface area contributed by atoms with E-state index in [0.717, 1.165) is 12.1 Å². The Morgan fingerprint density at radius 2 is 1.68 bits per heavy atom. The molecule has 2 aromatic carbocycles. The van der Waals surface area contributed by atoms with Gasteiger partial charge in [0.25, 0.3) is 0 Å². The van der Waals surface area contributed by atoms with Crippen molar-refractivity contribution in [3.05, 3.63) is 86.0 Å². The zero-order chi connectivity index (χ0) is 25.4. The largest absolute Gasteiger partial charge is 0.418 e. The Bertz CT molecular complexity index is 1410. The Kier molecular flexibility index (Phi) is 7.23. The van der Waals surface area contributed by atoms with Crippen molar-refractivity contribution in [2.75, 3.05) is 0 Å². The molecular formula is C24H19Cl2F3N2O2S. The molecule has 4 nitrogen and oxygen atoms in total. The monoisotopic (exact) mass is 526 g/mol. The quantitative estimate of drug-likeness (QED) is 0.322. The number of aromatic nitrogens is 1. The SMILES string of the molecule is Cc1c(/C=C(\C#N)S(=O)(=O)c2cc(Cl)cc(Cl)c2)cc(C(C)C)n1-c1ccccc1C(F)(F)F. The maximum absolute atomic E-state index is 13.7. The summed E-state index contributed by atoms with van der Waals surface area (Å²) in [6.07, 6.45) is -3.44. The fourth-order valence-corrected chi connectivity index (χ4v) is 5.45. The van der Waals surface area contributed by atoms with Gasteiger partial charge >= 0.3 is 6.18 Å². The molecule has 0 N–H and O–H groups in total. The van der Waals surface area contributed by atoms with Crippen LogP contribution in [0.2, 0.25) is 10.0 Å². The van der Waals surface area contributed by atoms with Gasteiger partial charge in [0.2, 0.25) is 9.84 Å². The second-order valence-corrected chi connectivity index (χ2v) is 10.6. The molecule has 0 atom stereocenters. The molecule has 1 heterocycles. The third-order valence-electron chi connectivity index (χ3n) is 5.19. The summed E-state index contributed by atoms with van der Waals surface area (Å²) in [4.78, 5) is -0.855. The first-order valence-electron chi connectivity index (χ1n) is 9.99. The van der Waals surface area contributed by atoms with Crippen LogP contribution in [0.1, 0.15) is 42.3 Å². The Balaban J connectivity index is 2.26. The molecule has 0 saturated carbocycles. The minimum absolute atomic E-state index is 0.0801. The number of hydrogen-bond acceptors (Lipinski definition) is 3. The van der Waals surface area contributed by atoms with Crippen LogP contribution in [-0.4, -0.2) is 13.0 Å².